The lowest BCUT2D eigenvalue weighted by molar-refractivity contribution is -0.698. The highest BCUT2D eigenvalue weighted by Gasteiger charge is 2.46. The van der Waals surface area contributed by atoms with Gasteiger partial charge in [0.25, 0.3) is 0 Å². The third kappa shape index (κ3) is 5.97. The SMILES string of the molecule is C=CC1(C(C)CC)c2cc(CC(C)(C)C)ccc2-c2cc3c(cc21)-c1ccc2cc(ccc2c1CCC1c2ccccc2-c2cc(C(C)(C)C)cc[n+]21)CC3(C)CC. The molecule has 11 rings (SSSR count). The minimum atomic E-state index is -0.259. The van der Waals surface area contributed by atoms with Crippen LogP contribution in [0.2, 0.25) is 0 Å². The fraction of sp³-hybridized carbons (Fsp3) is 0.386. The second-order valence-corrected chi connectivity index (χ2v) is 20.8. The predicted octanol–water partition coefficient (Wildman–Crippen LogP) is 14.6. The van der Waals surface area contributed by atoms with Gasteiger partial charge in [-0.05, 0) is 138 Å². The van der Waals surface area contributed by atoms with E-state index in [1.165, 1.54) is 88.8 Å². The van der Waals surface area contributed by atoms with Crippen LogP contribution in [0.15, 0.2) is 116 Å². The van der Waals surface area contributed by atoms with Crippen molar-refractivity contribution < 1.29 is 4.57 Å². The summed E-state index contributed by atoms with van der Waals surface area (Å²) in [6.07, 6.45) is 11.0. The van der Waals surface area contributed by atoms with E-state index >= 15 is 0 Å². The summed E-state index contributed by atoms with van der Waals surface area (Å²) in [4.78, 5) is 0. The molecule has 0 fully saturated rings. The van der Waals surface area contributed by atoms with Gasteiger partial charge in [0.05, 0.1) is 5.56 Å². The van der Waals surface area contributed by atoms with E-state index in [2.05, 4.69) is 190 Å². The number of rotatable bonds is 8. The molecule has 58 heavy (non-hydrogen) atoms. The average Bonchev–Trinajstić information content (AvgIpc) is 3.66. The van der Waals surface area contributed by atoms with Crippen LogP contribution in [0, 0.1) is 11.3 Å². The average molecular weight is 763 g/mol. The number of aromatic nitrogens is 1. The lowest BCUT2D eigenvalue weighted by atomic mass is 9.65. The van der Waals surface area contributed by atoms with Crippen molar-refractivity contribution >= 4 is 10.8 Å². The third-order valence-corrected chi connectivity index (χ3v) is 14.8. The zero-order valence-corrected chi connectivity index (χ0v) is 36.9. The van der Waals surface area contributed by atoms with Crippen LogP contribution in [0.5, 0.6) is 0 Å². The minimum absolute atomic E-state index is 0.0336. The van der Waals surface area contributed by atoms with E-state index in [9.17, 15) is 0 Å². The van der Waals surface area contributed by atoms with Gasteiger partial charge in [0.1, 0.15) is 0 Å². The van der Waals surface area contributed by atoms with E-state index in [0.717, 1.165) is 38.5 Å². The lowest BCUT2D eigenvalue weighted by Crippen LogP contribution is -2.38. The number of fused-ring (bicyclic) bond motifs is 8. The molecule has 1 aliphatic heterocycles. The standard InChI is InChI=1S/C57H64N/c1-12-36(4)57(14-3)50-30-38(34-54(5,6)7)20-23-44(50)48-32-49-47(33-51(48)57)43-24-21-39-29-37(35-56(49,11)13-2)19-22-41(39)42(43)25-26-52-45-17-15-16-18-46(45)53-31-40(55(8,9)10)27-28-58(52)53/h14-24,27-33,36,52H,3,12-13,25-26,34-35H2,1-2,4-11H3/q+1. The number of benzene rings is 5. The van der Waals surface area contributed by atoms with Gasteiger partial charge < -0.3 is 0 Å². The fourth-order valence-electron chi connectivity index (χ4n) is 11.3. The molecule has 4 aliphatic carbocycles. The summed E-state index contributed by atoms with van der Waals surface area (Å²) in [7, 11) is 0. The molecule has 0 amide bonds. The van der Waals surface area contributed by atoms with Gasteiger partial charge in [0.15, 0.2) is 12.2 Å². The molecule has 1 aromatic heterocycles. The van der Waals surface area contributed by atoms with E-state index < -0.39 is 0 Å². The molecule has 0 saturated heterocycles. The molecule has 0 spiro atoms. The van der Waals surface area contributed by atoms with Crippen molar-refractivity contribution in [2.24, 2.45) is 11.3 Å². The summed E-state index contributed by atoms with van der Waals surface area (Å²) >= 11 is 0. The van der Waals surface area contributed by atoms with Gasteiger partial charge in [-0.2, -0.15) is 4.57 Å². The van der Waals surface area contributed by atoms with Crippen LogP contribution in [0.25, 0.3) is 44.3 Å². The minimum Gasteiger partial charge on any atom is -0.191 e. The first-order valence-electron chi connectivity index (χ1n) is 22.3. The van der Waals surface area contributed by atoms with Crippen molar-refractivity contribution in [3.63, 3.8) is 0 Å². The quantitative estimate of drug-likeness (QED) is 0.107. The highest BCUT2D eigenvalue weighted by atomic mass is 15.0. The Hall–Kier alpha value is -4.75. The number of hydrogen-bond acceptors (Lipinski definition) is 0. The number of nitrogens with zero attached hydrogens (tertiary/aromatic N) is 1. The summed E-state index contributed by atoms with van der Waals surface area (Å²) in [5.74, 6) is 0.400. The van der Waals surface area contributed by atoms with E-state index in [0.29, 0.717) is 5.92 Å². The Labute approximate surface area is 349 Å². The second-order valence-electron chi connectivity index (χ2n) is 20.8. The normalized spacial score (nSPS) is 20.8. The molecular weight excluding hydrogens is 699 g/mol. The molecule has 1 heteroatoms. The maximum Gasteiger partial charge on any atom is 0.213 e. The highest BCUT2D eigenvalue weighted by molar-refractivity contribution is 5.95. The zero-order chi connectivity index (χ0) is 40.9. The first-order chi connectivity index (χ1) is 27.6. The first kappa shape index (κ1) is 38.8. The van der Waals surface area contributed by atoms with Crippen molar-refractivity contribution in [3.05, 3.63) is 160 Å². The largest absolute Gasteiger partial charge is 0.213 e. The summed E-state index contributed by atoms with van der Waals surface area (Å²) in [5, 5.41) is 2.77. The molecule has 4 unspecified atom stereocenters. The molecule has 0 radical (unpaired) electrons. The number of pyridine rings is 1. The number of hydrogen-bond donors (Lipinski definition) is 0. The van der Waals surface area contributed by atoms with Gasteiger partial charge >= 0.3 is 0 Å². The molecular formula is C57H64N+. The molecule has 4 bridgehead atoms. The van der Waals surface area contributed by atoms with Crippen LogP contribution in [-0.4, -0.2) is 0 Å². The summed E-state index contributed by atoms with van der Waals surface area (Å²) in [6, 6.07) is 39.2. The van der Waals surface area contributed by atoms with Crippen molar-refractivity contribution in [3.8, 4) is 33.5 Å². The van der Waals surface area contributed by atoms with Crippen LogP contribution >= 0.6 is 0 Å². The van der Waals surface area contributed by atoms with Gasteiger partial charge in [-0.1, -0.05) is 148 Å². The highest BCUT2D eigenvalue weighted by Crippen LogP contribution is 2.58. The van der Waals surface area contributed by atoms with Gasteiger partial charge in [0.2, 0.25) is 5.69 Å². The molecule has 0 saturated carbocycles. The monoisotopic (exact) mass is 763 g/mol. The molecule has 1 nitrogen and oxygen atoms in total. The molecule has 2 heterocycles. The van der Waals surface area contributed by atoms with Gasteiger partial charge in [-0.15, -0.1) is 6.58 Å². The zero-order valence-electron chi connectivity index (χ0n) is 36.9. The number of allylic oxidation sites excluding steroid dienone is 1. The lowest BCUT2D eigenvalue weighted by Gasteiger charge is -2.37. The Morgan fingerprint density at radius 1 is 0.776 bits per heavy atom. The van der Waals surface area contributed by atoms with Crippen LogP contribution in [-0.2, 0) is 35.5 Å². The molecule has 5 aromatic carbocycles. The molecule has 5 aliphatic rings. The fourth-order valence-corrected chi connectivity index (χ4v) is 11.3. The van der Waals surface area contributed by atoms with E-state index in [1.54, 1.807) is 0 Å². The van der Waals surface area contributed by atoms with Gasteiger partial charge in [0, 0.05) is 29.5 Å². The summed E-state index contributed by atoms with van der Waals surface area (Å²) in [6.45, 7) is 28.5. The van der Waals surface area contributed by atoms with Crippen molar-refractivity contribution in [1.82, 2.24) is 0 Å². The Morgan fingerprint density at radius 2 is 1.50 bits per heavy atom. The van der Waals surface area contributed by atoms with E-state index in [-0.39, 0.29) is 27.7 Å². The Bertz CT molecular complexity index is 2620. The third-order valence-electron chi connectivity index (χ3n) is 14.8. The predicted molar refractivity (Wildman–Crippen MR) is 247 cm³/mol. The first-order valence-corrected chi connectivity index (χ1v) is 22.3. The summed E-state index contributed by atoms with van der Waals surface area (Å²) in [5.41, 5.74) is 20.0. The second kappa shape index (κ2) is 13.7. The maximum absolute atomic E-state index is 4.67. The molecule has 4 atom stereocenters. The van der Waals surface area contributed by atoms with Crippen molar-refractivity contribution in [2.75, 3.05) is 0 Å². The van der Waals surface area contributed by atoms with Gasteiger partial charge in [-0.25, -0.2) is 0 Å². The van der Waals surface area contributed by atoms with Crippen molar-refractivity contribution in [2.45, 2.75) is 130 Å². The topological polar surface area (TPSA) is 3.88 Å². The Kier molecular flexibility index (Phi) is 9.12. The Balaban J connectivity index is 1.25. The van der Waals surface area contributed by atoms with Crippen LogP contribution in [0.1, 0.15) is 139 Å². The van der Waals surface area contributed by atoms with Crippen LogP contribution < -0.4 is 4.57 Å². The molecule has 296 valence electrons. The van der Waals surface area contributed by atoms with E-state index in [4.69, 9.17) is 0 Å². The van der Waals surface area contributed by atoms with E-state index in [1.807, 2.05) is 0 Å². The molecule has 6 aromatic rings. The number of aryl methyl sites for hydroxylation is 1. The summed E-state index contributed by atoms with van der Waals surface area (Å²) < 4.78 is 2.57. The Morgan fingerprint density at radius 3 is 2.22 bits per heavy atom. The molecule has 0 N–H and O–H groups in total. The smallest absolute Gasteiger partial charge is 0.191 e. The van der Waals surface area contributed by atoms with Crippen LogP contribution in [0.4, 0.5) is 0 Å². The maximum atomic E-state index is 4.67. The van der Waals surface area contributed by atoms with Crippen LogP contribution in [0.3, 0.4) is 0 Å². The van der Waals surface area contributed by atoms with Crippen molar-refractivity contribution in [1.29, 1.82) is 0 Å². The van der Waals surface area contributed by atoms with Gasteiger partial charge in [-0.3, -0.25) is 0 Å².